The summed E-state index contributed by atoms with van der Waals surface area (Å²) in [7, 11) is 0. The molecule has 8 atom stereocenters. The van der Waals surface area contributed by atoms with Crippen LogP contribution < -0.4 is 0 Å². The van der Waals surface area contributed by atoms with Gasteiger partial charge in [-0.1, -0.05) is 55.8 Å². The number of allylic oxidation sites excluding steroid dienone is 1. The maximum absolute atomic E-state index is 14.6. The van der Waals surface area contributed by atoms with E-state index in [-0.39, 0.29) is 30.3 Å². The Morgan fingerprint density at radius 1 is 0.971 bits per heavy atom. The molecule has 1 aromatic carbocycles. The Morgan fingerprint density at radius 3 is 2.41 bits per heavy atom. The van der Waals surface area contributed by atoms with Crippen molar-refractivity contribution >= 4 is 0 Å². The van der Waals surface area contributed by atoms with Gasteiger partial charge in [-0.15, -0.1) is 0 Å². The zero-order valence-electron chi connectivity index (χ0n) is 20.5. The van der Waals surface area contributed by atoms with Gasteiger partial charge in [-0.05, 0) is 98.4 Å². The number of aliphatic hydroxyl groups excluding tert-OH is 1. The molecule has 0 spiro atoms. The molecule has 188 valence electrons. The summed E-state index contributed by atoms with van der Waals surface area (Å²) in [4.78, 5) is 0. The van der Waals surface area contributed by atoms with Gasteiger partial charge in [0.2, 0.25) is 0 Å². The van der Waals surface area contributed by atoms with E-state index in [0.29, 0.717) is 18.3 Å². The van der Waals surface area contributed by atoms with Crippen LogP contribution in [0.1, 0.15) is 77.2 Å². The minimum Gasteiger partial charge on any atom is -0.393 e. The van der Waals surface area contributed by atoms with Gasteiger partial charge in [0.25, 0.3) is 0 Å². The van der Waals surface area contributed by atoms with Gasteiger partial charge >= 0.3 is 6.18 Å². The fourth-order valence-corrected chi connectivity index (χ4v) is 8.92. The molecular weight excluding hydrogens is 437 g/mol. The first-order valence-electron chi connectivity index (χ1n) is 13.2. The number of hydrogen-bond donors (Lipinski definition) is 2. The van der Waals surface area contributed by atoms with Crippen LogP contribution in [-0.4, -0.2) is 28.1 Å². The van der Waals surface area contributed by atoms with Crippen molar-refractivity contribution in [2.24, 2.45) is 34.5 Å². The maximum atomic E-state index is 14.6. The zero-order chi connectivity index (χ0) is 24.4. The first-order chi connectivity index (χ1) is 16.0. The Hall–Kier alpha value is -1.33. The number of halogens is 3. The molecule has 4 aliphatic carbocycles. The fourth-order valence-electron chi connectivity index (χ4n) is 8.92. The van der Waals surface area contributed by atoms with Crippen molar-refractivity contribution < 1.29 is 23.4 Å². The average molecular weight is 477 g/mol. The Kier molecular flexibility index (Phi) is 6.00. The number of fused-ring (bicyclic) bond motifs is 5. The van der Waals surface area contributed by atoms with Crippen molar-refractivity contribution in [2.75, 3.05) is 0 Å². The Labute approximate surface area is 201 Å². The van der Waals surface area contributed by atoms with E-state index in [2.05, 4.69) is 19.9 Å². The second-order valence-electron chi connectivity index (χ2n) is 12.2. The Morgan fingerprint density at radius 2 is 1.71 bits per heavy atom. The standard InChI is InChI=1S/C29H39F3O2/c1-26-15-13-21(33)18-20(26)8-9-22-23-10-11-25(27(23,2)16-14-24(22)26)28(34,29(30,31)32)17-12-19-6-4-3-5-7-19/h3-8,21-25,33-34H,9-18H2,1-2H3/t21-,22-,23-,24-,25-,26?,27-,28+/m0/s1. The topological polar surface area (TPSA) is 40.5 Å². The number of aryl methyl sites for hydroxylation is 1. The zero-order valence-corrected chi connectivity index (χ0v) is 20.5. The molecule has 1 aromatic rings. The van der Waals surface area contributed by atoms with Gasteiger partial charge in [0, 0.05) is 5.92 Å². The van der Waals surface area contributed by atoms with Gasteiger partial charge in [0.1, 0.15) is 0 Å². The summed E-state index contributed by atoms with van der Waals surface area (Å²) < 4.78 is 43.7. The SMILES string of the molecule is CC12CC[C@H](O)CC1=CC[C@@H]1[C@@H]2CC[C@@]2(C)[C@H]1CC[C@@H]2[C@](O)(CCc1ccccc1)C(F)(F)F. The molecule has 3 fully saturated rings. The summed E-state index contributed by atoms with van der Waals surface area (Å²) in [6.45, 7) is 4.39. The summed E-state index contributed by atoms with van der Waals surface area (Å²) in [5.41, 5.74) is -0.882. The van der Waals surface area contributed by atoms with Crippen LogP contribution >= 0.6 is 0 Å². The van der Waals surface area contributed by atoms with Crippen molar-refractivity contribution in [1.82, 2.24) is 0 Å². The number of aliphatic hydroxyl groups is 2. The third-order valence-electron chi connectivity index (χ3n) is 10.8. The summed E-state index contributed by atoms with van der Waals surface area (Å²) in [5.74, 6) is 0.295. The van der Waals surface area contributed by atoms with Gasteiger partial charge in [0.05, 0.1) is 6.10 Å². The first-order valence-corrected chi connectivity index (χ1v) is 13.2. The van der Waals surface area contributed by atoms with Gasteiger partial charge < -0.3 is 10.2 Å². The van der Waals surface area contributed by atoms with E-state index >= 15 is 0 Å². The molecular formula is C29H39F3O2. The van der Waals surface area contributed by atoms with Crippen molar-refractivity contribution in [1.29, 1.82) is 0 Å². The van der Waals surface area contributed by atoms with Crippen LogP contribution in [0.5, 0.6) is 0 Å². The smallest absolute Gasteiger partial charge is 0.393 e. The molecule has 3 saturated carbocycles. The van der Waals surface area contributed by atoms with Crippen molar-refractivity contribution in [3.05, 3.63) is 47.5 Å². The summed E-state index contributed by atoms with van der Waals surface area (Å²) >= 11 is 0. The highest BCUT2D eigenvalue weighted by Crippen LogP contribution is 2.68. The molecule has 0 saturated heterocycles. The van der Waals surface area contributed by atoms with Crippen LogP contribution in [0.15, 0.2) is 42.0 Å². The molecule has 2 nitrogen and oxygen atoms in total. The lowest BCUT2D eigenvalue weighted by atomic mass is 9.46. The first kappa shape index (κ1) is 24.4. The van der Waals surface area contributed by atoms with Crippen molar-refractivity contribution in [3.8, 4) is 0 Å². The predicted molar refractivity (Wildman–Crippen MR) is 127 cm³/mol. The number of alkyl halides is 3. The van der Waals surface area contributed by atoms with Crippen LogP contribution in [0.2, 0.25) is 0 Å². The summed E-state index contributed by atoms with van der Waals surface area (Å²) in [6, 6.07) is 9.22. The molecule has 34 heavy (non-hydrogen) atoms. The summed E-state index contributed by atoms with van der Waals surface area (Å²) in [6.07, 6.45) is 3.69. The van der Waals surface area contributed by atoms with E-state index in [1.54, 1.807) is 0 Å². The summed E-state index contributed by atoms with van der Waals surface area (Å²) in [5, 5.41) is 21.6. The third kappa shape index (κ3) is 3.68. The second kappa shape index (κ2) is 8.37. The third-order valence-corrected chi connectivity index (χ3v) is 10.8. The van der Waals surface area contributed by atoms with E-state index in [1.807, 2.05) is 30.3 Å². The molecule has 0 aromatic heterocycles. The van der Waals surface area contributed by atoms with Gasteiger partial charge in [-0.25, -0.2) is 0 Å². The maximum Gasteiger partial charge on any atom is 0.417 e. The minimum atomic E-state index is -4.65. The normalized spacial score (nSPS) is 41.6. The highest BCUT2D eigenvalue weighted by Gasteiger charge is 2.68. The van der Waals surface area contributed by atoms with Crippen LogP contribution in [0.4, 0.5) is 13.2 Å². The average Bonchev–Trinajstić information content (AvgIpc) is 3.15. The Bertz CT molecular complexity index is 927. The molecule has 0 amide bonds. The molecule has 0 heterocycles. The quantitative estimate of drug-likeness (QED) is 0.467. The monoisotopic (exact) mass is 476 g/mol. The van der Waals surface area contributed by atoms with Gasteiger partial charge in [-0.3, -0.25) is 0 Å². The Balaban J connectivity index is 1.42. The van der Waals surface area contributed by atoms with Crippen LogP contribution in [-0.2, 0) is 6.42 Å². The van der Waals surface area contributed by atoms with E-state index in [4.69, 9.17) is 0 Å². The number of benzene rings is 1. The van der Waals surface area contributed by atoms with E-state index in [1.165, 1.54) is 5.57 Å². The molecule has 1 unspecified atom stereocenters. The van der Waals surface area contributed by atoms with Crippen LogP contribution in [0.25, 0.3) is 0 Å². The van der Waals surface area contributed by atoms with Crippen LogP contribution in [0, 0.1) is 34.5 Å². The molecule has 0 radical (unpaired) electrons. The van der Waals surface area contributed by atoms with Crippen molar-refractivity contribution in [3.63, 3.8) is 0 Å². The van der Waals surface area contributed by atoms with Crippen molar-refractivity contribution in [2.45, 2.75) is 95.9 Å². The molecule has 0 bridgehead atoms. The largest absolute Gasteiger partial charge is 0.417 e. The van der Waals surface area contributed by atoms with E-state index < -0.39 is 23.1 Å². The number of hydrogen-bond acceptors (Lipinski definition) is 2. The second-order valence-corrected chi connectivity index (χ2v) is 12.2. The molecule has 2 N–H and O–H groups in total. The highest BCUT2D eigenvalue weighted by molar-refractivity contribution is 5.26. The lowest BCUT2D eigenvalue weighted by Crippen LogP contribution is -2.58. The minimum absolute atomic E-state index is 0.0647. The molecule has 5 rings (SSSR count). The van der Waals surface area contributed by atoms with Gasteiger partial charge in [0.15, 0.2) is 5.60 Å². The van der Waals surface area contributed by atoms with E-state index in [0.717, 1.165) is 50.5 Å². The van der Waals surface area contributed by atoms with E-state index in [9.17, 15) is 23.4 Å². The van der Waals surface area contributed by atoms with Gasteiger partial charge in [-0.2, -0.15) is 13.2 Å². The highest BCUT2D eigenvalue weighted by atomic mass is 19.4. The lowest BCUT2D eigenvalue weighted by Gasteiger charge is -2.59. The fraction of sp³-hybridized carbons (Fsp3) is 0.724. The number of rotatable bonds is 4. The van der Waals surface area contributed by atoms with Crippen LogP contribution in [0.3, 0.4) is 0 Å². The lowest BCUT2D eigenvalue weighted by molar-refractivity contribution is -0.295. The molecule has 0 aliphatic heterocycles. The molecule has 4 aliphatic rings. The molecule has 5 heteroatoms. The predicted octanol–water partition coefficient (Wildman–Crippen LogP) is 6.85.